The highest BCUT2D eigenvalue weighted by Gasteiger charge is 2.18. The topological polar surface area (TPSA) is 86.7 Å². The minimum absolute atomic E-state index is 0.0235. The van der Waals surface area contributed by atoms with E-state index in [4.69, 9.17) is 5.11 Å². The Bertz CT molecular complexity index is 317. The maximum Gasteiger partial charge on any atom is 0.303 e. The molecule has 1 fully saturated rings. The minimum Gasteiger partial charge on any atom is -0.481 e. The van der Waals surface area contributed by atoms with E-state index in [9.17, 15) is 14.4 Å². The van der Waals surface area contributed by atoms with E-state index >= 15 is 0 Å². The Labute approximate surface area is 106 Å². The number of aliphatic carboxylic acids is 1. The Balaban J connectivity index is 1.98. The van der Waals surface area contributed by atoms with Crippen molar-refractivity contribution in [2.75, 3.05) is 19.6 Å². The molecular formula is C12H20N2O4. The zero-order valence-corrected chi connectivity index (χ0v) is 10.5. The first kappa shape index (κ1) is 14.5. The number of carbonyl (C=O) groups is 3. The number of rotatable bonds is 8. The van der Waals surface area contributed by atoms with Gasteiger partial charge in [-0.15, -0.1) is 0 Å². The molecule has 1 saturated heterocycles. The number of hydrogen-bond donors (Lipinski definition) is 2. The zero-order chi connectivity index (χ0) is 13.4. The van der Waals surface area contributed by atoms with Gasteiger partial charge in [0.25, 0.3) is 0 Å². The summed E-state index contributed by atoms with van der Waals surface area (Å²) < 4.78 is 0. The van der Waals surface area contributed by atoms with Gasteiger partial charge in [-0.1, -0.05) is 0 Å². The van der Waals surface area contributed by atoms with E-state index in [1.54, 1.807) is 0 Å². The molecule has 18 heavy (non-hydrogen) atoms. The van der Waals surface area contributed by atoms with Crippen molar-refractivity contribution in [1.82, 2.24) is 10.2 Å². The van der Waals surface area contributed by atoms with Crippen LogP contribution in [-0.4, -0.2) is 47.4 Å². The molecule has 2 amide bonds. The van der Waals surface area contributed by atoms with Crippen LogP contribution in [0.25, 0.3) is 0 Å². The second-order valence-corrected chi connectivity index (χ2v) is 4.44. The fraction of sp³-hybridized carbons (Fsp3) is 0.750. The van der Waals surface area contributed by atoms with Gasteiger partial charge >= 0.3 is 5.97 Å². The molecule has 0 aromatic rings. The second kappa shape index (κ2) is 7.68. The van der Waals surface area contributed by atoms with E-state index in [0.717, 1.165) is 19.4 Å². The molecule has 1 heterocycles. The van der Waals surface area contributed by atoms with Crippen LogP contribution in [0.2, 0.25) is 0 Å². The van der Waals surface area contributed by atoms with Crippen LogP contribution >= 0.6 is 0 Å². The van der Waals surface area contributed by atoms with Crippen molar-refractivity contribution in [1.29, 1.82) is 0 Å². The lowest BCUT2D eigenvalue weighted by molar-refractivity contribution is -0.137. The molecule has 1 aliphatic heterocycles. The summed E-state index contributed by atoms with van der Waals surface area (Å²) in [5.74, 6) is -0.804. The van der Waals surface area contributed by atoms with E-state index in [-0.39, 0.29) is 24.7 Å². The molecule has 0 saturated carbocycles. The first-order valence-corrected chi connectivity index (χ1v) is 6.36. The molecule has 6 nitrogen and oxygen atoms in total. The van der Waals surface area contributed by atoms with Crippen LogP contribution in [0, 0.1) is 0 Å². The van der Waals surface area contributed by atoms with Gasteiger partial charge in [0.15, 0.2) is 0 Å². The number of likely N-dealkylation sites (tertiary alicyclic amines) is 1. The quantitative estimate of drug-likeness (QED) is 0.614. The molecular weight excluding hydrogens is 236 g/mol. The van der Waals surface area contributed by atoms with E-state index in [1.807, 2.05) is 4.90 Å². The number of carbonyl (C=O) groups excluding carboxylic acids is 2. The lowest BCUT2D eigenvalue weighted by atomic mass is 10.2. The van der Waals surface area contributed by atoms with Gasteiger partial charge in [0.1, 0.15) is 0 Å². The second-order valence-electron chi connectivity index (χ2n) is 4.44. The van der Waals surface area contributed by atoms with Crippen molar-refractivity contribution < 1.29 is 19.5 Å². The van der Waals surface area contributed by atoms with E-state index in [1.165, 1.54) is 0 Å². The first-order valence-electron chi connectivity index (χ1n) is 6.36. The third kappa shape index (κ3) is 5.65. The van der Waals surface area contributed by atoms with Crippen molar-refractivity contribution >= 4 is 17.8 Å². The number of carboxylic acid groups (broad SMARTS) is 1. The fourth-order valence-corrected chi connectivity index (χ4v) is 1.93. The third-order valence-electron chi connectivity index (χ3n) is 2.89. The van der Waals surface area contributed by atoms with Crippen molar-refractivity contribution in [3.8, 4) is 0 Å². The molecule has 0 bridgehead atoms. The van der Waals surface area contributed by atoms with Gasteiger partial charge in [-0.05, 0) is 19.3 Å². The summed E-state index contributed by atoms with van der Waals surface area (Å²) in [6.45, 7) is 2.05. The van der Waals surface area contributed by atoms with Gasteiger partial charge in [0.05, 0.1) is 0 Å². The number of nitrogens with zero attached hydrogens (tertiary/aromatic N) is 1. The van der Waals surface area contributed by atoms with Crippen LogP contribution < -0.4 is 5.32 Å². The Morgan fingerprint density at radius 1 is 1.28 bits per heavy atom. The Morgan fingerprint density at radius 3 is 2.67 bits per heavy atom. The van der Waals surface area contributed by atoms with Crippen LogP contribution in [0.1, 0.15) is 38.5 Å². The van der Waals surface area contributed by atoms with Crippen LogP contribution in [0.4, 0.5) is 0 Å². The minimum atomic E-state index is -0.879. The predicted molar refractivity (Wildman–Crippen MR) is 64.9 cm³/mol. The summed E-state index contributed by atoms with van der Waals surface area (Å²) >= 11 is 0. The summed E-state index contributed by atoms with van der Waals surface area (Å²) in [6, 6.07) is 0. The van der Waals surface area contributed by atoms with Crippen LogP contribution in [0.3, 0.4) is 0 Å². The largest absolute Gasteiger partial charge is 0.481 e. The number of carboxylic acids is 1. The highest BCUT2D eigenvalue weighted by Crippen LogP contribution is 2.09. The zero-order valence-electron chi connectivity index (χ0n) is 10.5. The summed E-state index contributed by atoms with van der Waals surface area (Å²) in [4.78, 5) is 34.7. The maximum absolute atomic E-state index is 11.3. The number of amides is 2. The van der Waals surface area contributed by atoms with E-state index in [2.05, 4.69) is 5.32 Å². The first-order chi connectivity index (χ1) is 8.59. The van der Waals surface area contributed by atoms with E-state index < -0.39 is 5.97 Å². The molecule has 1 aliphatic rings. The third-order valence-corrected chi connectivity index (χ3v) is 2.89. The predicted octanol–water partition coefficient (Wildman–Crippen LogP) is 0.370. The van der Waals surface area contributed by atoms with Gasteiger partial charge in [-0.2, -0.15) is 0 Å². The van der Waals surface area contributed by atoms with Gasteiger partial charge in [0.2, 0.25) is 11.8 Å². The van der Waals surface area contributed by atoms with Crippen LogP contribution in [0.5, 0.6) is 0 Å². The van der Waals surface area contributed by atoms with E-state index in [0.29, 0.717) is 25.9 Å². The molecule has 0 aliphatic carbocycles. The number of nitrogens with one attached hydrogen (secondary N) is 1. The number of hydrogen-bond acceptors (Lipinski definition) is 3. The molecule has 1 rings (SSSR count). The maximum atomic E-state index is 11.3. The summed E-state index contributed by atoms with van der Waals surface area (Å²) in [5, 5.41) is 11.1. The summed E-state index contributed by atoms with van der Waals surface area (Å²) in [6.07, 6.45) is 2.95. The standard InChI is InChI=1S/C12H20N2O4/c15-10(4-1-6-12(17)18)13-7-3-9-14-8-2-5-11(14)16/h1-9H2,(H,13,15)(H,17,18). The van der Waals surface area contributed by atoms with Crippen molar-refractivity contribution in [2.45, 2.75) is 38.5 Å². The van der Waals surface area contributed by atoms with Gasteiger partial charge in [0, 0.05) is 38.9 Å². The average Bonchev–Trinajstić information content (AvgIpc) is 2.70. The summed E-state index contributed by atoms with van der Waals surface area (Å²) in [5.41, 5.74) is 0. The van der Waals surface area contributed by atoms with Crippen molar-refractivity contribution in [3.63, 3.8) is 0 Å². The average molecular weight is 256 g/mol. The lowest BCUT2D eigenvalue weighted by Crippen LogP contribution is -2.30. The smallest absolute Gasteiger partial charge is 0.303 e. The SMILES string of the molecule is O=C(O)CCCC(=O)NCCCN1CCCC1=O. The molecule has 2 N–H and O–H groups in total. The van der Waals surface area contributed by atoms with Crippen molar-refractivity contribution in [3.05, 3.63) is 0 Å². The molecule has 0 unspecified atom stereocenters. The lowest BCUT2D eigenvalue weighted by Gasteiger charge is -2.15. The summed E-state index contributed by atoms with van der Waals surface area (Å²) in [7, 11) is 0. The Kier molecular flexibility index (Phi) is 6.18. The molecule has 0 spiro atoms. The fourth-order valence-electron chi connectivity index (χ4n) is 1.93. The van der Waals surface area contributed by atoms with Crippen molar-refractivity contribution in [2.24, 2.45) is 0 Å². The Hall–Kier alpha value is -1.59. The normalized spacial score (nSPS) is 14.9. The van der Waals surface area contributed by atoms with Gasteiger partial charge in [-0.25, -0.2) is 0 Å². The highest BCUT2D eigenvalue weighted by atomic mass is 16.4. The van der Waals surface area contributed by atoms with Crippen LogP contribution in [-0.2, 0) is 14.4 Å². The molecule has 102 valence electrons. The molecule has 0 aromatic heterocycles. The molecule has 6 heteroatoms. The van der Waals surface area contributed by atoms with Gasteiger partial charge in [-0.3, -0.25) is 14.4 Å². The Morgan fingerprint density at radius 2 is 2.06 bits per heavy atom. The molecule has 0 aromatic carbocycles. The molecule has 0 atom stereocenters. The molecule has 0 radical (unpaired) electrons. The van der Waals surface area contributed by atoms with Crippen LogP contribution in [0.15, 0.2) is 0 Å². The monoisotopic (exact) mass is 256 g/mol. The highest BCUT2D eigenvalue weighted by molar-refractivity contribution is 5.78. The van der Waals surface area contributed by atoms with Gasteiger partial charge < -0.3 is 15.3 Å².